The van der Waals surface area contributed by atoms with E-state index in [4.69, 9.17) is 33.7 Å². The average Bonchev–Trinajstić information content (AvgIpc) is 1.88. The maximum atomic E-state index is 5.94. The van der Waals surface area contributed by atoms with Crippen LogP contribution in [0.4, 0.5) is 0 Å². The van der Waals surface area contributed by atoms with E-state index in [1.165, 1.54) is 0 Å². The second-order valence-corrected chi connectivity index (χ2v) is 3.43. The van der Waals surface area contributed by atoms with Crippen LogP contribution in [-0.2, 0) is 4.74 Å². The van der Waals surface area contributed by atoms with Gasteiger partial charge in [-0.2, -0.15) is 0 Å². The molecule has 0 heterocycles. The molecule has 2 nitrogen and oxygen atoms in total. The lowest BCUT2D eigenvalue weighted by Gasteiger charge is -2.26. The summed E-state index contributed by atoms with van der Waals surface area (Å²) in [5, 5.41) is 0. The van der Waals surface area contributed by atoms with Gasteiger partial charge in [-0.15, -0.1) is 23.2 Å². The molecule has 0 bridgehead atoms. The number of nitrogens with two attached hydrogens (primary N) is 1. The first-order valence-corrected chi connectivity index (χ1v) is 4.65. The first-order valence-electron chi connectivity index (χ1n) is 3.58. The number of methoxy groups -OCH3 is 1. The van der Waals surface area contributed by atoms with Crippen molar-refractivity contribution in [1.29, 1.82) is 0 Å². The predicted molar refractivity (Wildman–Crippen MR) is 49.5 cm³/mol. The van der Waals surface area contributed by atoms with Crippen molar-refractivity contribution < 1.29 is 4.74 Å². The third-order valence-corrected chi connectivity index (χ3v) is 1.99. The maximum absolute atomic E-state index is 5.94. The van der Waals surface area contributed by atoms with Gasteiger partial charge in [-0.25, -0.2) is 0 Å². The normalized spacial score (nSPS) is 12.0. The first kappa shape index (κ1) is 11.5. The zero-order valence-corrected chi connectivity index (χ0v) is 8.29. The van der Waals surface area contributed by atoms with Crippen molar-refractivity contribution in [2.45, 2.75) is 18.4 Å². The third kappa shape index (κ3) is 4.86. The van der Waals surface area contributed by atoms with Crippen LogP contribution in [0, 0.1) is 0 Å². The van der Waals surface area contributed by atoms with Crippen molar-refractivity contribution in [2.75, 3.05) is 25.5 Å². The topological polar surface area (TPSA) is 35.2 Å². The molecule has 0 rings (SSSR count). The van der Waals surface area contributed by atoms with Crippen LogP contribution in [0.3, 0.4) is 0 Å². The van der Waals surface area contributed by atoms with Gasteiger partial charge < -0.3 is 10.5 Å². The lowest BCUT2D eigenvalue weighted by Crippen LogP contribution is -2.45. The van der Waals surface area contributed by atoms with Gasteiger partial charge in [-0.1, -0.05) is 0 Å². The molecular weight excluding hydrogens is 185 g/mol. The molecule has 0 spiro atoms. The van der Waals surface area contributed by atoms with Gasteiger partial charge in [-0.3, -0.25) is 0 Å². The fourth-order valence-corrected chi connectivity index (χ4v) is 1.69. The van der Waals surface area contributed by atoms with E-state index in [2.05, 4.69) is 0 Å². The van der Waals surface area contributed by atoms with Crippen molar-refractivity contribution >= 4 is 23.2 Å². The van der Waals surface area contributed by atoms with Crippen molar-refractivity contribution in [3.8, 4) is 0 Å². The zero-order valence-electron chi connectivity index (χ0n) is 6.78. The molecule has 0 aliphatic carbocycles. The summed E-state index contributed by atoms with van der Waals surface area (Å²) in [6, 6.07) is 0. The number of alkyl halides is 2. The Morgan fingerprint density at radius 1 is 1.27 bits per heavy atom. The molecule has 0 aliphatic heterocycles. The zero-order chi connectivity index (χ0) is 8.74. The highest BCUT2D eigenvalue weighted by molar-refractivity contribution is 6.18. The number of rotatable bonds is 6. The number of ether oxygens (including phenoxy) is 1. The molecule has 68 valence electrons. The van der Waals surface area contributed by atoms with E-state index in [1.807, 2.05) is 0 Å². The summed E-state index contributed by atoms with van der Waals surface area (Å²) >= 11 is 11.2. The summed E-state index contributed by atoms with van der Waals surface area (Å²) in [7, 11) is 1.63. The number of hydrogen-bond donors (Lipinski definition) is 1. The fourth-order valence-electron chi connectivity index (χ4n) is 0.933. The largest absolute Gasteiger partial charge is 0.383 e. The van der Waals surface area contributed by atoms with E-state index < -0.39 is 0 Å². The number of hydrogen-bond acceptors (Lipinski definition) is 2. The highest BCUT2D eigenvalue weighted by Gasteiger charge is 2.23. The van der Waals surface area contributed by atoms with Gasteiger partial charge in [-0.05, 0) is 12.8 Å². The van der Waals surface area contributed by atoms with E-state index in [0.717, 1.165) is 12.8 Å². The van der Waals surface area contributed by atoms with Gasteiger partial charge in [0.2, 0.25) is 0 Å². The van der Waals surface area contributed by atoms with Crippen LogP contribution in [0.15, 0.2) is 0 Å². The van der Waals surface area contributed by atoms with Crippen LogP contribution in [-0.4, -0.2) is 31.0 Å². The Balaban J connectivity index is 3.79. The minimum Gasteiger partial charge on any atom is -0.383 e. The molecule has 0 amide bonds. The van der Waals surface area contributed by atoms with Gasteiger partial charge in [0.25, 0.3) is 0 Å². The fraction of sp³-hybridized carbons (Fsp3) is 1.00. The van der Waals surface area contributed by atoms with Crippen LogP contribution in [0.5, 0.6) is 0 Å². The molecular formula is C7H15Cl2NO. The highest BCUT2D eigenvalue weighted by Crippen LogP contribution is 2.14. The molecule has 0 aliphatic rings. The van der Waals surface area contributed by atoms with E-state index in [0.29, 0.717) is 18.4 Å². The molecule has 0 atom stereocenters. The van der Waals surface area contributed by atoms with E-state index in [1.54, 1.807) is 7.11 Å². The molecule has 11 heavy (non-hydrogen) atoms. The molecule has 0 aromatic carbocycles. The molecule has 0 saturated carbocycles. The average molecular weight is 200 g/mol. The molecule has 2 N–H and O–H groups in total. The second-order valence-electron chi connectivity index (χ2n) is 2.67. The Hall–Kier alpha value is 0.500. The van der Waals surface area contributed by atoms with Crippen LogP contribution in [0.25, 0.3) is 0 Å². The maximum Gasteiger partial charge on any atom is 0.0643 e. The Morgan fingerprint density at radius 3 is 2.00 bits per heavy atom. The van der Waals surface area contributed by atoms with Crippen molar-refractivity contribution in [3.05, 3.63) is 0 Å². The van der Waals surface area contributed by atoms with E-state index in [9.17, 15) is 0 Å². The molecule has 0 saturated heterocycles. The quantitative estimate of drug-likeness (QED) is 0.660. The summed E-state index contributed by atoms with van der Waals surface area (Å²) in [5.41, 5.74) is 5.60. The van der Waals surface area contributed by atoms with Gasteiger partial charge in [0.05, 0.1) is 6.61 Å². The van der Waals surface area contributed by atoms with Gasteiger partial charge in [0, 0.05) is 24.4 Å². The third-order valence-electron chi connectivity index (χ3n) is 1.62. The summed E-state index contributed by atoms with van der Waals surface area (Å²) in [6.07, 6.45) is 1.49. The molecule has 0 aromatic rings. The summed E-state index contributed by atoms with van der Waals surface area (Å²) in [4.78, 5) is 0. The van der Waals surface area contributed by atoms with E-state index in [-0.39, 0.29) is 5.54 Å². The molecule has 0 fully saturated rings. The minimum atomic E-state index is -0.335. The first-order chi connectivity index (χ1) is 5.18. The standard InChI is InChI=1S/C7H15Cl2NO/c1-11-6-7(10,2-4-8)3-5-9/h2-6,10H2,1H3. The lowest BCUT2D eigenvalue weighted by molar-refractivity contribution is 0.128. The van der Waals surface area contributed by atoms with Crippen LogP contribution >= 0.6 is 23.2 Å². The summed E-state index contributed by atoms with van der Waals surface area (Å²) in [5.74, 6) is 1.10. The Kier molecular flexibility index (Phi) is 6.34. The van der Waals surface area contributed by atoms with Gasteiger partial charge in [0.1, 0.15) is 0 Å². The van der Waals surface area contributed by atoms with Crippen molar-refractivity contribution in [1.82, 2.24) is 0 Å². The molecule has 0 radical (unpaired) electrons. The smallest absolute Gasteiger partial charge is 0.0643 e. The van der Waals surface area contributed by atoms with Gasteiger partial charge in [0.15, 0.2) is 0 Å². The Labute approximate surface area is 78.0 Å². The molecule has 0 unspecified atom stereocenters. The highest BCUT2D eigenvalue weighted by atomic mass is 35.5. The number of halogens is 2. The predicted octanol–water partition coefficient (Wildman–Crippen LogP) is 1.59. The summed E-state index contributed by atoms with van der Waals surface area (Å²) in [6.45, 7) is 0.520. The Morgan fingerprint density at radius 2 is 1.73 bits per heavy atom. The molecule has 4 heteroatoms. The van der Waals surface area contributed by atoms with E-state index >= 15 is 0 Å². The molecule has 0 aromatic heterocycles. The summed E-state index contributed by atoms with van der Waals surface area (Å²) < 4.78 is 4.97. The van der Waals surface area contributed by atoms with Crippen LogP contribution in [0.1, 0.15) is 12.8 Å². The second kappa shape index (κ2) is 6.06. The van der Waals surface area contributed by atoms with Gasteiger partial charge >= 0.3 is 0 Å². The van der Waals surface area contributed by atoms with Crippen molar-refractivity contribution in [3.63, 3.8) is 0 Å². The lowest BCUT2D eigenvalue weighted by atomic mass is 9.95. The monoisotopic (exact) mass is 199 g/mol. The SMILES string of the molecule is COCC(N)(CCCl)CCCl. The van der Waals surface area contributed by atoms with Crippen molar-refractivity contribution in [2.24, 2.45) is 5.73 Å². The minimum absolute atomic E-state index is 0.335. The Bertz CT molecular complexity index is 83.4. The van der Waals surface area contributed by atoms with Crippen LogP contribution in [0.2, 0.25) is 0 Å². The van der Waals surface area contributed by atoms with Crippen LogP contribution < -0.4 is 5.73 Å².